The van der Waals surface area contributed by atoms with Crippen LogP contribution < -0.4 is 5.73 Å². The summed E-state index contributed by atoms with van der Waals surface area (Å²) < 4.78 is 13.0. The molecule has 126 valence electrons. The molecule has 0 bridgehead atoms. The normalized spacial score (nSPS) is 19.2. The standard InChI is InChI=1S/C11H15FN2O2S.2ClH.2H2S/c12-8-1-3-14(5-8)11(16)9(13)10(15)7-2-4-17-6-7;;;;/h2,4,6,8-10,15H,1,3,5,13H2;2*1H;2*1H2/t8-,9+,10-;;;;/m0..../s1. The third-order valence-corrected chi connectivity index (χ3v) is 3.65. The van der Waals surface area contributed by atoms with Crippen LogP contribution in [0.25, 0.3) is 0 Å². The number of rotatable bonds is 3. The average molecular weight is 399 g/mol. The average Bonchev–Trinajstić information content (AvgIpc) is 2.96. The van der Waals surface area contributed by atoms with Crippen LogP contribution in [0.3, 0.4) is 0 Å². The topological polar surface area (TPSA) is 66.6 Å². The van der Waals surface area contributed by atoms with Crippen molar-refractivity contribution < 1.29 is 14.3 Å². The Bertz CT molecular complexity index is 401. The highest BCUT2D eigenvalue weighted by Crippen LogP contribution is 2.21. The lowest BCUT2D eigenvalue weighted by Gasteiger charge is -2.23. The first-order valence-electron chi connectivity index (χ1n) is 5.48. The molecule has 0 unspecified atom stereocenters. The molecule has 21 heavy (non-hydrogen) atoms. The molecule has 1 aromatic heterocycles. The lowest BCUT2D eigenvalue weighted by atomic mass is 10.1. The van der Waals surface area contributed by atoms with Crippen LogP contribution in [0.1, 0.15) is 18.1 Å². The molecular weight excluding hydrogens is 378 g/mol. The Morgan fingerprint density at radius 2 is 2.10 bits per heavy atom. The zero-order valence-electron chi connectivity index (χ0n) is 11.1. The summed E-state index contributed by atoms with van der Waals surface area (Å²) in [5.41, 5.74) is 6.35. The molecule has 0 aromatic carbocycles. The molecule has 1 aliphatic rings. The van der Waals surface area contributed by atoms with E-state index >= 15 is 0 Å². The SMILES string of the molecule is Cl.Cl.N[C@@H](C(=O)N1CC[C@H](F)C1)[C@@H](O)c1ccsc1.S.S. The van der Waals surface area contributed by atoms with Gasteiger partial charge in [0.05, 0.1) is 6.54 Å². The van der Waals surface area contributed by atoms with Crippen LogP contribution in [0.2, 0.25) is 0 Å². The van der Waals surface area contributed by atoms with E-state index in [-0.39, 0.29) is 64.3 Å². The second kappa shape index (κ2) is 11.8. The van der Waals surface area contributed by atoms with E-state index < -0.39 is 18.3 Å². The first-order chi connectivity index (χ1) is 8.09. The smallest absolute Gasteiger partial charge is 0.242 e. The van der Waals surface area contributed by atoms with Crippen LogP contribution >= 0.6 is 63.1 Å². The molecule has 1 amide bonds. The van der Waals surface area contributed by atoms with Gasteiger partial charge in [-0.05, 0) is 28.8 Å². The van der Waals surface area contributed by atoms with E-state index in [0.29, 0.717) is 18.5 Å². The number of likely N-dealkylation sites (tertiary alicyclic amines) is 1. The van der Waals surface area contributed by atoms with E-state index in [4.69, 9.17) is 5.73 Å². The van der Waals surface area contributed by atoms with Gasteiger partial charge in [-0.25, -0.2) is 4.39 Å². The number of aliphatic hydroxyl groups is 1. The Kier molecular flexibility index (Phi) is 14.7. The molecule has 0 aliphatic carbocycles. The molecule has 10 heteroatoms. The summed E-state index contributed by atoms with van der Waals surface area (Å²) in [5.74, 6) is -0.385. The minimum atomic E-state index is -1.02. The maximum absolute atomic E-state index is 13.0. The van der Waals surface area contributed by atoms with Crippen LogP contribution in [0.5, 0.6) is 0 Å². The van der Waals surface area contributed by atoms with Crippen molar-refractivity contribution in [2.24, 2.45) is 5.73 Å². The van der Waals surface area contributed by atoms with Crippen molar-refractivity contribution in [1.82, 2.24) is 4.90 Å². The highest BCUT2D eigenvalue weighted by Gasteiger charge is 2.32. The van der Waals surface area contributed by atoms with E-state index in [9.17, 15) is 14.3 Å². The highest BCUT2D eigenvalue weighted by atomic mass is 35.5. The summed E-state index contributed by atoms with van der Waals surface area (Å²) in [5, 5.41) is 13.5. The van der Waals surface area contributed by atoms with Gasteiger partial charge in [-0.1, -0.05) is 0 Å². The summed E-state index contributed by atoms with van der Waals surface area (Å²) in [4.78, 5) is 13.3. The van der Waals surface area contributed by atoms with Crippen molar-refractivity contribution in [3.8, 4) is 0 Å². The molecule has 0 saturated carbocycles. The van der Waals surface area contributed by atoms with Gasteiger partial charge in [0.25, 0.3) is 0 Å². The molecule has 1 saturated heterocycles. The summed E-state index contributed by atoms with van der Waals surface area (Å²) in [6, 6.07) is 0.708. The van der Waals surface area contributed by atoms with Crippen molar-refractivity contribution >= 4 is 69.0 Å². The zero-order chi connectivity index (χ0) is 12.4. The number of carbonyl (C=O) groups is 1. The van der Waals surface area contributed by atoms with Crippen LogP contribution in [-0.2, 0) is 4.79 Å². The van der Waals surface area contributed by atoms with Gasteiger partial charge in [0.15, 0.2) is 0 Å². The number of nitrogens with zero attached hydrogens (tertiary/aromatic N) is 1. The Morgan fingerprint density at radius 1 is 1.48 bits per heavy atom. The number of aliphatic hydroxyl groups excluding tert-OH is 1. The van der Waals surface area contributed by atoms with Gasteiger partial charge in [-0.2, -0.15) is 38.3 Å². The molecule has 0 spiro atoms. The molecule has 4 nitrogen and oxygen atoms in total. The first-order valence-corrected chi connectivity index (χ1v) is 6.42. The monoisotopic (exact) mass is 398 g/mol. The fraction of sp³-hybridized carbons (Fsp3) is 0.545. The predicted molar refractivity (Wildman–Crippen MR) is 98.6 cm³/mol. The Labute approximate surface area is 154 Å². The van der Waals surface area contributed by atoms with Gasteiger partial charge in [-0.3, -0.25) is 4.79 Å². The van der Waals surface area contributed by atoms with Gasteiger partial charge in [0, 0.05) is 6.54 Å². The lowest BCUT2D eigenvalue weighted by molar-refractivity contribution is -0.134. The van der Waals surface area contributed by atoms with Gasteiger partial charge in [0.1, 0.15) is 18.3 Å². The van der Waals surface area contributed by atoms with E-state index in [0.717, 1.165) is 0 Å². The Balaban J connectivity index is -0.000000810. The third kappa shape index (κ3) is 6.52. The number of carbonyl (C=O) groups excluding carboxylic acids is 1. The zero-order valence-corrected chi connectivity index (χ0v) is 15.5. The maximum Gasteiger partial charge on any atom is 0.242 e. The highest BCUT2D eigenvalue weighted by molar-refractivity contribution is 7.59. The Hall–Kier alpha value is 0.300. The fourth-order valence-corrected chi connectivity index (χ4v) is 2.60. The number of hydrogen-bond acceptors (Lipinski definition) is 4. The van der Waals surface area contributed by atoms with Crippen LogP contribution in [0, 0.1) is 0 Å². The number of amides is 1. The van der Waals surface area contributed by atoms with E-state index in [1.165, 1.54) is 16.2 Å². The molecule has 3 N–H and O–H groups in total. The number of nitrogens with two attached hydrogens (primary N) is 1. The van der Waals surface area contributed by atoms with Gasteiger partial charge in [-0.15, -0.1) is 24.8 Å². The molecule has 2 heterocycles. The summed E-state index contributed by atoms with van der Waals surface area (Å²) in [7, 11) is 0. The molecule has 3 atom stereocenters. The lowest BCUT2D eigenvalue weighted by Crippen LogP contribution is -2.46. The molecule has 2 rings (SSSR count). The van der Waals surface area contributed by atoms with Gasteiger partial charge < -0.3 is 15.7 Å². The van der Waals surface area contributed by atoms with Crippen molar-refractivity contribution in [3.63, 3.8) is 0 Å². The maximum atomic E-state index is 13.0. The first kappa shape index (κ1) is 26.2. The summed E-state index contributed by atoms with van der Waals surface area (Å²) in [6.07, 6.45) is -1.63. The predicted octanol–water partition coefficient (Wildman–Crippen LogP) is 1.75. The van der Waals surface area contributed by atoms with Gasteiger partial charge >= 0.3 is 0 Å². The quantitative estimate of drug-likeness (QED) is 0.814. The van der Waals surface area contributed by atoms with Crippen molar-refractivity contribution in [2.45, 2.75) is 24.7 Å². The molecule has 0 radical (unpaired) electrons. The number of hydrogen-bond donors (Lipinski definition) is 2. The summed E-state index contributed by atoms with van der Waals surface area (Å²) in [6.45, 7) is 0.465. The van der Waals surface area contributed by atoms with Crippen LogP contribution in [0.4, 0.5) is 4.39 Å². The van der Waals surface area contributed by atoms with Crippen LogP contribution in [0.15, 0.2) is 16.8 Å². The Morgan fingerprint density at radius 3 is 2.52 bits per heavy atom. The van der Waals surface area contributed by atoms with E-state index in [1.54, 1.807) is 11.4 Å². The van der Waals surface area contributed by atoms with Crippen LogP contribution in [-0.4, -0.2) is 41.2 Å². The minimum Gasteiger partial charge on any atom is -0.386 e. The number of halogens is 3. The van der Waals surface area contributed by atoms with E-state index in [2.05, 4.69) is 0 Å². The van der Waals surface area contributed by atoms with Crippen molar-refractivity contribution in [2.75, 3.05) is 13.1 Å². The number of alkyl halides is 1. The molecule has 1 fully saturated rings. The van der Waals surface area contributed by atoms with E-state index in [1.807, 2.05) is 5.38 Å². The fourth-order valence-electron chi connectivity index (χ4n) is 1.91. The van der Waals surface area contributed by atoms with Crippen molar-refractivity contribution in [3.05, 3.63) is 22.4 Å². The third-order valence-electron chi connectivity index (χ3n) is 2.95. The molecular formula is C11H21Cl2FN2O2S3. The largest absolute Gasteiger partial charge is 0.386 e. The number of thiophene rings is 1. The summed E-state index contributed by atoms with van der Waals surface area (Å²) >= 11 is 1.43. The second-order valence-electron chi connectivity index (χ2n) is 4.20. The van der Waals surface area contributed by atoms with Crippen molar-refractivity contribution in [1.29, 1.82) is 0 Å². The molecule has 1 aromatic rings. The molecule has 1 aliphatic heterocycles. The second-order valence-corrected chi connectivity index (χ2v) is 4.98. The van der Waals surface area contributed by atoms with Gasteiger partial charge in [0.2, 0.25) is 5.91 Å². The minimum absolute atomic E-state index is 0.